The Hall–Kier alpha value is -3.19. The highest BCUT2D eigenvalue weighted by Gasteiger charge is 2.16. The third-order valence-electron chi connectivity index (χ3n) is 4.50. The predicted molar refractivity (Wildman–Crippen MR) is 113 cm³/mol. The molecule has 0 radical (unpaired) electrons. The number of pyridine rings is 1. The fourth-order valence-corrected chi connectivity index (χ4v) is 3.88. The number of hydrogen-bond donors (Lipinski definition) is 2. The number of nitrogens with zero attached hydrogens (tertiary/aromatic N) is 1. The summed E-state index contributed by atoms with van der Waals surface area (Å²) in [6.07, 6.45) is 4.13. The van der Waals surface area contributed by atoms with Crippen molar-refractivity contribution >= 4 is 21.6 Å². The molecule has 0 saturated heterocycles. The van der Waals surface area contributed by atoms with Gasteiger partial charge < -0.3 is 5.32 Å². The SMILES string of the molecule is Cc1ccc(S(=O)(=O)Nc2cc(C(=O)NCCc3cccnc3)ccc2C)cc1. The number of carbonyl (C=O) groups is 1. The first-order valence-corrected chi connectivity index (χ1v) is 10.7. The molecule has 0 saturated carbocycles. The van der Waals surface area contributed by atoms with E-state index in [0.717, 1.165) is 16.7 Å². The predicted octanol–water partition coefficient (Wildman–Crippen LogP) is 3.47. The third kappa shape index (κ3) is 5.42. The maximum Gasteiger partial charge on any atom is 0.261 e. The molecule has 7 heteroatoms. The van der Waals surface area contributed by atoms with Gasteiger partial charge >= 0.3 is 0 Å². The maximum absolute atomic E-state index is 12.7. The molecule has 3 aromatic rings. The molecule has 0 fully saturated rings. The van der Waals surface area contributed by atoms with Gasteiger partial charge in [-0.3, -0.25) is 14.5 Å². The van der Waals surface area contributed by atoms with Crippen molar-refractivity contribution in [1.82, 2.24) is 10.3 Å². The average Bonchev–Trinajstić information content (AvgIpc) is 2.70. The van der Waals surface area contributed by atoms with Crippen LogP contribution in [-0.2, 0) is 16.4 Å². The molecule has 0 bridgehead atoms. The summed E-state index contributed by atoms with van der Waals surface area (Å²) in [6.45, 7) is 4.14. The van der Waals surface area contributed by atoms with E-state index >= 15 is 0 Å². The van der Waals surface area contributed by atoms with Crippen LogP contribution < -0.4 is 10.0 Å². The van der Waals surface area contributed by atoms with Crippen molar-refractivity contribution in [2.24, 2.45) is 0 Å². The summed E-state index contributed by atoms with van der Waals surface area (Å²) in [5.74, 6) is -0.260. The first-order valence-electron chi connectivity index (χ1n) is 9.22. The molecular weight excluding hydrogens is 386 g/mol. The molecule has 1 heterocycles. The van der Waals surface area contributed by atoms with Crippen molar-refractivity contribution in [3.63, 3.8) is 0 Å². The summed E-state index contributed by atoms with van der Waals surface area (Å²) in [4.78, 5) is 16.7. The van der Waals surface area contributed by atoms with Gasteiger partial charge in [-0.2, -0.15) is 0 Å². The van der Waals surface area contributed by atoms with E-state index in [-0.39, 0.29) is 10.8 Å². The van der Waals surface area contributed by atoms with E-state index in [4.69, 9.17) is 0 Å². The molecule has 0 atom stereocenters. The number of sulfonamides is 1. The van der Waals surface area contributed by atoms with Gasteiger partial charge in [-0.15, -0.1) is 0 Å². The molecule has 2 aromatic carbocycles. The number of aryl methyl sites for hydroxylation is 2. The Morgan fingerprint density at radius 1 is 1.03 bits per heavy atom. The van der Waals surface area contributed by atoms with Crippen LogP contribution in [0.2, 0.25) is 0 Å². The lowest BCUT2D eigenvalue weighted by molar-refractivity contribution is 0.0954. The molecule has 0 unspecified atom stereocenters. The zero-order chi connectivity index (χ0) is 20.9. The summed E-state index contributed by atoms with van der Waals surface area (Å²) in [6, 6.07) is 15.4. The number of hydrogen-bond acceptors (Lipinski definition) is 4. The Balaban J connectivity index is 1.70. The van der Waals surface area contributed by atoms with Gasteiger partial charge in [-0.1, -0.05) is 29.8 Å². The summed E-state index contributed by atoms with van der Waals surface area (Å²) in [5, 5.41) is 2.85. The number of aromatic nitrogens is 1. The third-order valence-corrected chi connectivity index (χ3v) is 5.88. The fourth-order valence-electron chi connectivity index (χ4n) is 2.76. The number of benzene rings is 2. The van der Waals surface area contributed by atoms with Gasteiger partial charge in [0.1, 0.15) is 0 Å². The second-order valence-electron chi connectivity index (χ2n) is 6.82. The number of nitrogens with one attached hydrogen (secondary N) is 2. The van der Waals surface area contributed by atoms with E-state index < -0.39 is 10.0 Å². The van der Waals surface area contributed by atoms with Crippen LogP contribution in [0.25, 0.3) is 0 Å². The Kier molecular flexibility index (Phi) is 6.29. The van der Waals surface area contributed by atoms with E-state index in [1.807, 2.05) is 19.1 Å². The molecule has 3 rings (SSSR count). The summed E-state index contributed by atoms with van der Waals surface area (Å²) in [5.41, 5.74) is 3.51. The average molecular weight is 410 g/mol. The van der Waals surface area contributed by atoms with Gasteiger partial charge in [-0.05, 0) is 61.7 Å². The molecule has 29 heavy (non-hydrogen) atoms. The normalized spacial score (nSPS) is 11.1. The topological polar surface area (TPSA) is 88.2 Å². The largest absolute Gasteiger partial charge is 0.352 e. The van der Waals surface area contributed by atoms with Crippen molar-refractivity contribution in [2.45, 2.75) is 25.2 Å². The minimum Gasteiger partial charge on any atom is -0.352 e. The summed E-state index contributed by atoms with van der Waals surface area (Å²) < 4.78 is 27.9. The summed E-state index contributed by atoms with van der Waals surface area (Å²) >= 11 is 0. The van der Waals surface area contributed by atoms with E-state index in [2.05, 4.69) is 15.0 Å². The van der Waals surface area contributed by atoms with Crippen molar-refractivity contribution in [2.75, 3.05) is 11.3 Å². The number of anilines is 1. The van der Waals surface area contributed by atoms with Crippen LogP contribution in [-0.4, -0.2) is 25.9 Å². The molecular formula is C22H23N3O3S. The highest BCUT2D eigenvalue weighted by atomic mass is 32.2. The van der Waals surface area contributed by atoms with Gasteiger partial charge in [-0.25, -0.2) is 8.42 Å². The van der Waals surface area contributed by atoms with Crippen LogP contribution in [0.3, 0.4) is 0 Å². The van der Waals surface area contributed by atoms with E-state index in [0.29, 0.717) is 24.2 Å². The molecule has 6 nitrogen and oxygen atoms in total. The Morgan fingerprint density at radius 3 is 2.48 bits per heavy atom. The molecule has 2 N–H and O–H groups in total. The van der Waals surface area contributed by atoms with Gasteiger partial charge in [0.25, 0.3) is 15.9 Å². The zero-order valence-electron chi connectivity index (χ0n) is 16.3. The molecule has 0 spiro atoms. The highest BCUT2D eigenvalue weighted by molar-refractivity contribution is 7.92. The van der Waals surface area contributed by atoms with E-state index in [1.54, 1.807) is 61.8 Å². The van der Waals surface area contributed by atoms with Crippen LogP contribution in [0.15, 0.2) is 71.9 Å². The van der Waals surface area contributed by atoms with Gasteiger partial charge in [0.2, 0.25) is 0 Å². The van der Waals surface area contributed by atoms with Crippen LogP contribution in [0.1, 0.15) is 27.0 Å². The number of carbonyl (C=O) groups excluding carboxylic acids is 1. The van der Waals surface area contributed by atoms with Gasteiger partial charge in [0, 0.05) is 24.5 Å². The van der Waals surface area contributed by atoms with E-state index in [9.17, 15) is 13.2 Å². The number of amides is 1. The molecule has 150 valence electrons. The molecule has 1 aromatic heterocycles. The van der Waals surface area contributed by atoms with Gasteiger partial charge in [0.15, 0.2) is 0 Å². The van der Waals surface area contributed by atoms with Crippen molar-refractivity contribution in [3.8, 4) is 0 Å². The lowest BCUT2D eigenvalue weighted by Gasteiger charge is -2.13. The van der Waals surface area contributed by atoms with Crippen LogP contribution in [0, 0.1) is 13.8 Å². The molecule has 0 aliphatic heterocycles. The smallest absolute Gasteiger partial charge is 0.261 e. The molecule has 0 aliphatic carbocycles. The van der Waals surface area contributed by atoms with Crippen molar-refractivity contribution in [1.29, 1.82) is 0 Å². The quantitative estimate of drug-likeness (QED) is 0.625. The Bertz CT molecular complexity index is 1100. The second-order valence-corrected chi connectivity index (χ2v) is 8.50. The number of rotatable bonds is 7. The first kappa shape index (κ1) is 20.5. The molecule has 1 amide bonds. The highest BCUT2D eigenvalue weighted by Crippen LogP contribution is 2.21. The monoisotopic (exact) mass is 409 g/mol. The van der Waals surface area contributed by atoms with Gasteiger partial charge in [0.05, 0.1) is 10.6 Å². The van der Waals surface area contributed by atoms with Crippen LogP contribution in [0.5, 0.6) is 0 Å². The first-order chi connectivity index (χ1) is 13.8. The lowest BCUT2D eigenvalue weighted by atomic mass is 10.1. The minimum atomic E-state index is -3.74. The van der Waals surface area contributed by atoms with Crippen LogP contribution >= 0.6 is 0 Å². The molecule has 0 aliphatic rings. The fraction of sp³-hybridized carbons (Fsp3) is 0.182. The maximum atomic E-state index is 12.7. The van der Waals surface area contributed by atoms with Crippen LogP contribution in [0.4, 0.5) is 5.69 Å². The lowest BCUT2D eigenvalue weighted by Crippen LogP contribution is -2.26. The van der Waals surface area contributed by atoms with E-state index in [1.165, 1.54) is 0 Å². The summed E-state index contributed by atoms with van der Waals surface area (Å²) in [7, 11) is -3.74. The standard InChI is InChI=1S/C22H23N3O3S/c1-16-5-9-20(10-6-16)29(27,28)25-21-14-19(8-7-17(21)2)22(26)24-13-11-18-4-3-12-23-15-18/h3-10,12,14-15,25H,11,13H2,1-2H3,(H,24,26). The zero-order valence-corrected chi connectivity index (χ0v) is 17.2. The second kappa shape index (κ2) is 8.87. The minimum absolute atomic E-state index is 0.175. The van der Waals surface area contributed by atoms with Crippen molar-refractivity contribution < 1.29 is 13.2 Å². The van der Waals surface area contributed by atoms with Crippen molar-refractivity contribution in [3.05, 3.63) is 89.2 Å². The Labute approximate surface area is 171 Å². The Morgan fingerprint density at radius 2 is 1.79 bits per heavy atom.